The minimum Gasteiger partial charge on any atom is -0.0654 e. The van der Waals surface area contributed by atoms with Crippen LogP contribution >= 0.6 is 0 Å². The van der Waals surface area contributed by atoms with Crippen LogP contribution < -0.4 is 0 Å². The van der Waals surface area contributed by atoms with Crippen LogP contribution in [0.5, 0.6) is 0 Å². The van der Waals surface area contributed by atoms with Crippen LogP contribution in [0, 0.1) is 5.92 Å². The van der Waals surface area contributed by atoms with E-state index in [1.807, 2.05) is 0 Å². The number of hydrogen-bond acceptors (Lipinski definition) is 0. The van der Waals surface area contributed by atoms with E-state index in [1.165, 1.54) is 38.5 Å². The Labute approximate surface area is 66.0 Å². The Bertz CT molecular complexity index is 42.8. The Kier molecular flexibility index (Phi) is 7.11. The van der Waals surface area contributed by atoms with Crippen LogP contribution in [0.25, 0.3) is 0 Å². The molecule has 0 unspecified atom stereocenters. The highest BCUT2D eigenvalue weighted by Crippen LogP contribution is 2.20. The Hall–Kier alpha value is 0. The molecule has 0 heteroatoms. The summed E-state index contributed by atoms with van der Waals surface area (Å²) in [5.74, 6) is 1.78. The summed E-state index contributed by atoms with van der Waals surface area (Å²) in [7, 11) is 0. The average Bonchev–Trinajstić information content (AvgIpc) is 1.90. The maximum atomic E-state index is 2.27. The lowest BCUT2D eigenvalue weighted by molar-refractivity contribution is 0.621. The van der Waals surface area contributed by atoms with Gasteiger partial charge in [0.15, 0.2) is 0 Å². The standard InChI is InChI=1S/C10H21/c1-4-7-10(8-5-2)9-6-3/h4-9H2,1-3H3. The second kappa shape index (κ2) is 7.11. The van der Waals surface area contributed by atoms with Crippen LogP contribution in [0.4, 0.5) is 0 Å². The summed E-state index contributed by atoms with van der Waals surface area (Å²) in [6.07, 6.45) is 8.07. The lowest BCUT2D eigenvalue weighted by Crippen LogP contribution is -1.95. The largest absolute Gasteiger partial charge is 0.0654 e. The van der Waals surface area contributed by atoms with Gasteiger partial charge >= 0.3 is 0 Å². The molecule has 0 spiro atoms. The molecule has 0 heterocycles. The van der Waals surface area contributed by atoms with E-state index in [1.54, 1.807) is 5.92 Å². The molecule has 0 saturated heterocycles. The zero-order valence-corrected chi connectivity index (χ0v) is 7.74. The molecule has 0 aromatic carbocycles. The first-order valence-corrected chi connectivity index (χ1v) is 4.68. The summed E-state index contributed by atoms with van der Waals surface area (Å²) in [5.41, 5.74) is 0. The second-order valence-electron chi connectivity index (χ2n) is 3.00. The number of hydrogen-bond donors (Lipinski definition) is 0. The average molecular weight is 141 g/mol. The van der Waals surface area contributed by atoms with Gasteiger partial charge in [0.2, 0.25) is 0 Å². The van der Waals surface area contributed by atoms with Gasteiger partial charge in [0.25, 0.3) is 0 Å². The van der Waals surface area contributed by atoms with Crippen LogP contribution in [0.1, 0.15) is 59.3 Å². The SMILES string of the molecule is CCC[C](CCC)CCC. The van der Waals surface area contributed by atoms with Gasteiger partial charge in [0, 0.05) is 0 Å². The van der Waals surface area contributed by atoms with Gasteiger partial charge in [-0.15, -0.1) is 0 Å². The highest BCUT2D eigenvalue weighted by atomic mass is 14.1. The molecule has 0 aliphatic heterocycles. The second-order valence-corrected chi connectivity index (χ2v) is 3.00. The van der Waals surface area contributed by atoms with Gasteiger partial charge in [-0.1, -0.05) is 40.0 Å². The predicted octanol–water partition coefficient (Wildman–Crippen LogP) is 3.96. The van der Waals surface area contributed by atoms with Crippen molar-refractivity contribution in [2.45, 2.75) is 59.3 Å². The molecule has 0 nitrogen and oxygen atoms in total. The molecule has 10 heavy (non-hydrogen) atoms. The fourth-order valence-electron chi connectivity index (χ4n) is 1.44. The summed E-state index contributed by atoms with van der Waals surface area (Å²) in [6.45, 7) is 6.81. The molecular weight excluding hydrogens is 120 g/mol. The van der Waals surface area contributed by atoms with E-state index in [-0.39, 0.29) is 0 Å². The maximum absolute atomic E-state index is 2.27. The third-order valence-electron chi connectivity index (χ3n) is 1.81. The first kappa shape index (κ1) is 10.0. The maximum Gasteiger partial charge on any atom is -0.0241 e. The van der Waals surface area contributed by atoms with Gasteiger partial charge in [-0.2, -0.15) is 0 Å². The summed E-state index contributed by atoms with van der Waals surface area (Å²) in [5, 5.41) is 0. The van der Waals surface area contributed by atoms with Crippen molar-refractivity contribution in [3.8, 4) is 0 Å². The van der Waals surface area contributed by atoms with Gasteiger partial charge in [-0.05, 0) is 25.2 Å². The van der Waals surface area contributed by atoms with Crippen LogP contribution in [-0.4, -0.2) is 0 Å². The highest BCUT2D eigenvalue weighted by Gasteiger charge is 2.04. The molecule has 0 aliphatic rings. The molecule has 0 amide bonds. The van der Waals surface area contributed by atoms with Gasteiger partial charge in [0.1, 0.15) is 0 Å². The zero-order valence-electron chi connectivity index (χ0n) is 7.74. The van der Waals surface area contributed by atoms with Crippen molar-refractivity contribution in [3.63, 3.8) is 0 Å². The molecule has 0 saturated carbocycles. The van der Waals surface area contributed by atoms with E-state index in [0.29, 0.717) is 0 Å². The molecule has 61 valence electrons. The van der Waals surface area contributed by atoms with E-state index in [2.05, 4.69) is 20.8 Å². The fourth-order valence-corrected chi connectivity index (χ4v) is 1.44. The first-order valence-electron chi connectivity index (χ1n) is 4.68. The van der Waals surface area contributed by atoms with Crippen molar-refractivity contribution in [3.05, 3.63) is 5.92 Å². The van der Waals surface area contributed by atoms with Gasteiger partial charge < -0.3 is 0 Å². The third kappa shape index (κ3) is 4.84. The molecule has 0 aromatic rings. The van der Waals surface area contributed by atoms with Crippen molar-refractivity contribution in [2.75, 3.05) is 0 Å². The molecule has 0 N–H and O–H groups in total. The van der Waals surface area contributed by atoms with E-state index >= 15 is 0 Å². The van der Waals surface area contributed by atoms with Crippen molar-refractivity contribution in [1.82, 2.24) is 0 Å². The van der Waals surface area contributed by atoms with Crippen molar-refractivity contribution in [1.29, 1.82) is 0 Å². The van der Waals surface area contributed by atoms with Gasteiger partial charge in [0.05, 0.1) is 0 Å². The molecule has 0 rings (SSSR count). The summed E-state index contributed by atoms with van der Waals surface area (Å²) in [6, 6.07) is 0. The lowest BCUT2D eigenvalue weighted by Gasteiger charge is -2.12. The molecule has 1 radical (unpaired) electrons. The van der Waals surface area contributed by atoms with E-state index in [9.17, 15) is 0 Å². The summed E-state index contributed by atoms with van der Waals surface area (Å²) in [4.78, 5) is 0. The quantitative estimate of drug-likeness (QED) is 0.525. The lowest BCUT2D eigenvalue weighted by atomic mass is 9.94. The summed E-state index contributed by atoms with van der Waals surface area (Å²) >= 11 is 0. The molecule has 0 atom stereocenters. The number of rotatable bonds is 6. The fraction of sp³-hybridized carbons (Fsp3) is 0.900. The van der Waals surface area contributed by atoms with Crippen LogP contribution in [0.3, 0.4) is 0 Å². The topological polar surface area (TPSA) is 0 Å². The Morgan fingerprint density at radius 3 is 1.20 bits per heavy atom. The van der Waals surface area contributed by atoms with Crippen molar-refractivity contribution < 1.29 is 0 Å². The molecule has 0 aliphatic carbocycles. The Morgan fingerprint density at radius 2 is 1.00 bits per heavy atom. The van der Waals surface area contributed by atoms with E-state index in [4.69, 9.17) is 0 Å². The van der Waals surface area contributed by atoms with Gasteiger partial charge in [-0.3, -0.25) is 0 Å². The smallest absolute Gasteiger partial charge is 0.0241 e. The first-order chi connectivity index (χ1) is 4.85. The Balaban J connectivity index is 3.30. The predicted molar refractivity (Wildman–Crippen MR) is 48.0 cm³/mol. The minimum atomic E-state index is 1.33. The molecule has 0 fully saturated rings. The third-order valence-corrected chi connectivity index (χ3v) is 1.81. The van der Waals surface area contributed by atoms with Gasteiger partial charge in [-0.25, -0.2) is 0 Å². The zero-order chi connectivity index (χ0) is 7.82. The molecule has 0 bridgehead atoms. The highest BCUT2D eigenvalue weighted by molar-refractivity contribution is 4.87. The monoisotopic (exact) mass is 141 g/mol. The van der Waals surface area contributed by atoms with E-state index < -0.39 is 0 Å². The Morgan fingerprint density at radius 1 is 0.700 bits per heavy atom. The molecular formula is C10H21. The normalized spacial score (nSPS) is 10.8. The summed E-state index contributed by atoms with van der Waals surface area (Å²) < 4.78 is 0. The van der Waals surface area contributed by atoms with Crippen LogP contribution in [-0.2, 0) is 0 Å². The van der Waals surface area contributed by atoms with Crippen LogP contribution in [0.2, 0.25) is 0 Å². The van der Waals surface area contributed by atoms with E-state index in [0.717, 1.165) is 0 Å². The van der Waals surface area contributed by atoms with Crippen molar-refractivity contribution >= 4 is 0 Å². The van der Waals surface area contributed by atoms with Crippen molar-refractivity contribution in [2.24, 2.45) is 0 Å². The van der Waals surface area contributed by atoms with Crippen LogP contribution in [0.15, 0.2) is 0 Å². The minimum absolute atomic E-state index is 1.33. The molecule has 0 aromatic heterocycles.